The van der Waals surface area contributed by atoms with Gasteiger partial charge in [0, 0.05) is 6.42 Å². The lowest BCUT2D eigenvalue weighted by atomic mass is 10.1. The van der Waals surface area contributed by atoms with Crippen LogP contribution >= 0.6 is 7.82 Å². The van der Waals surface area contributed by atoms with Crippen molar-refractivity contribution in [1.29, 1.82) is 0 Å². The summed E-state index contributed by atoms with van der Waals surface area (Å²) in [6.07, 6.45) is 90.1. The molecule has 0 aliphatic rings. The maximum Gasteiger partial charge on any atom is 0.268 e. The number of aliphatic hydroxyl groups is 1. The molecule has 0 aromatic carbocycles. The number of carbonyl (C=O) groups is 1. The summed E-state index contributed by atoms with van der Waals surface area (Å²) in [4.78, 5) is 25.4. The number of hydrogen-bond acceptors (Lipinski definition) is 6. The molecule has 0 aliphatic carbocycles. The molecule has 434 valence electrons. The highest BCUT2D eigenvalue weighted by molar-refractivity contribution is 7.45. The van der Waals surface area contributed by atoms with Gasteiger partial charge in [-0.15, -0.1) is 0 Å². The van der Waals surface area contributed by atoms with E-state index in [1.807, 2.05) is 27.2 Å². The zero-order valence-corrected chi connectivity index (χ0v) is 50.2. The van der Waals surface area contributed by atoms with Crippen molar-refractivity contribution in [2.24, 2.45) is 0 Å². The highest BCUT2D eigenvalue weighted by Crippen LogP contribution is 2.38. The first-order valence-electron chi connectivity index (χ1n) is 30.0. The van der Waals surface area contributed by atoms with E-state index in [0.717, 1.165) is 122 Å². The molecule has 0 saturated heterocycles. The summed E-state index contributed by atoms with van der Waals surface area (Å²) in [7, 11) is 1.20. The first-order valence-corrected chi connectivity index (χ1v) is 31.5. The number of allylic oxidation sites excluding steroid dienone is 27. The average molecular weight is 1080 g/mol. The fraction of sp³-hybridized carbons (Fsp3) is 0.574. The third-order valence-corrected chi connectivity index (χ3v) is 13.1. The molecule has 0 spiro atoms. The minimum absolute atomic E-state index is 0.0209. The molecular formula is C68H111N2O6P. The number of phosphoric acid groups is 1. The highest BCUT2D eigenvalue weighted by Gasteiger charge is 2.23. The maximum absolute atomic E-state index is 12.9. The number of hydrogen-bond donors (Lipinski definition) is 2. The number of aliphatic hydroxyl groups excluding tert-OH is 1. The normalized spacial score (nSPS) is 15.1. The summed E-state index contributed by atoms with van der Waals surface area (Å²) in [6, 6.07) is -0.929. The molecule has 0 rings (SSSR count). The number of phosphoric ester groups is 1. The molecule has 8 nitrogen and oxygen atoms in total. The van der Waals surface area contributed by atoms with Crippen LogP contribution < -0.4 is 10.2 Å². The fourth-order valence-electron chi connectivity index (χ4n) is 7.50. The van der Waals surface area contributed by atoms with Gasteiger partial charge in [0.15, 0.2) is 0 Å². The SMILES string of the molecule is CC/C=C\C/C=C\C/C=C\C/C=C\C/C=C\C/C=C\C/C=C\C/C=C\C/C=C\C/C=C\C/C=C\C/C=C\CCCCCCC(=O)NC(COP(=O)([O-])OCC[N+](C)(C)C)C(O)/C=C/CC/C=C/CCCCCCCCCC. The molecule has 9 heteroatoms. The first kappa shape index (κ1) is 72.9. The van der Waals surface area contributed by atoms with Crippen LogP contribution in [0.2, 0.25) is 0 Å². The fourth-order valence-corrected chi connectivity index (χ4v) is 8.22. The summed E-state index contributed by atoms with van der Waals surface area (Å²) < 4.78 is 23.3. The van der Waals surface area contributed by atoms with Crippen LogP contribution in [0.5, 0.6) is 0 Å². The molecule has 0 aromatic rings. The summed E-state index contributed by atoms with van der Waals surface area (Å²) in [5.41, 5.74) is 0. The van der Waals surface area contributed by atoms with E-state index < -0.39 is 26.6 Å². The number of nitrogens with zero attached hydrogens (tertiary/aromatic N) is 1. The van der Waals surface area contributed by atoms with Gasteiger partial charge in [-0.25, -0.2) is 0 Å². The van der Waals surface area contributed by atoms with Gasteiger partial charge in [0.2, 0.25) is 5.91 Å². The number of unbranched alkanes of at least 4 members (excludes halogenated alkanes) is 13. The summed E-state index contributed by atoms with van der Waals surface area (Å²) >= 11 is 0. The third kappa shape index (κ3) is 59.4. The minimum Gasteiger partial charge on any atom is -0.756 e. The van der Waals surface area contributed by atoms with Crippen molar-refractivity contribution >= 4 is 13.7 Å². The molecule has 3 unspecified atom stereocenters. The first-order chi connectivity index (χ1) is 37.5. The van der Waals surface area contributed by atoms with Crippen LogP contribution in [0.4, 0.5) is 0 Å². The Balaban J connectivity index is 4.23. The predicted molar refractivity (Wildman–Crippen MR) is 334 cm³/mol. The minimum atomic E-state index is -4.62. The second-order valence-electron chi connectivity index (χ2n) is 20.6. The lowest BCUT2D eigenvalue weighted by molar-refractivity contribution is -0.870. The molecule has 0 saturated carbocycles. The predicted octanol–water partition coefficient (Wildman–Crippen LogP) is 18.2. The molecule has 0 fully saturated rings. The Hall–Kier alpha value is -4.14. The number of amides is 1. The van der Waals surface area contributed by atoms with Crippen molar-refractivity contribution in [3.63, 3.8) is 0 Å². The molecule has 1 amide bonds. The topological polar surface area (TPSA) is 108 Å². The van der Waals surface area contributed by atoms with E-state index in [0.29, 0.717) is 23.9 Å². The third-order valence-electron chi connectivity index (χ3n) is 12.2. The maximum atomic E-state index is 12.9. The number of rotatable bonds is 52. The zero-order chi connectivity index (χ0) is 56.3. The monoisotopic (exact) mass is 1080 g/mol. The second-order valence-corrected chi connectivity index (χ2v) is 22.0. The average Bonchev–Trinajstić information content (AvgIpc) is 3.39. The van der Waals surface area contributed by atoms with E-state index in [2.05, 4.69) is 177 Å². The summed E-state index contributed by atoms with van der Waals surface area (Å²) in [6.45, 7) is 4.45. The van der Waals surface area contributed by atoms with E-state index in [-0.39, 0.29) is 12.5 Å². The molecule has 2 N–H and O–H groups in total. The second kappa shape index (κ2) is 56.6. The Bertz CT molecular complexity index is 1850. The largest absolute Gasteiger partial charge is 0.756 e. The quantitative estimate of drug-likeness (QED) is 0.0272. The summed E-state index contributed by atoms with van der Waals surface area (Å²) in [5, 5.41) is 13.8. The van der Waals surface area contributed by atoms with Gasteiger partial charge in [-0.2, -0.15) is 0 Å². The van der Waals surface area contributed by atoms with Crippen molar-refractivity contribution in [3.8, 4) is 0 Å². The molecule has 0 aromatic heterocycles. The van der Waals surface area contributed by atoms with E-state index in [9.17, 15) is 19.4 Å². The molecular weight excluding hydrogens is 972 g/mol. The van der Waals surface area contributed by atoms with Crippen molar-refractivity contribution < 1.29 is 32.9 Å². The number of carbonyl (C=O) groups excluding carboxylic acids is 1. The molecule has 3 atom stereocenters. The van der Waals surface area contributed by atoms with Crippen molar-refractivity contribution in [3.05, 3.63) is 170 Å². The van der Waals surface area contributed by atoms with Gasteiger partial charge in [0.1, 0.15) is 13.2 Å². The van der Waals surface area contributed by atoms with Crippen LogP contribution in [0.1, 0.15) is 200 Å². The van der Waals surface area contributed by atoms with E-state index in [1.165, 1.54) is 51.4 Å². The molecule has 0 aliphatic heterocycles. The van der Waals surface area contributed by atoms with Crippen molar-refractivity contribution in [2.75, 3.05) is 40.9 Å². The van der Waals surface area contributed by atoms with Crippen LogP contribution in [0, 0.1) is 0 Å². The van der Waals surface area contributed by atoms with Gasteiger partial charge >= 0.3 is 0 Å². The van der Waals surface area contributed by atoms with Crippen molar-refractivity contribution in [2.45, 2.75) is 212 Å². The van der Waals surface area contributed by atoms with E-state index in [1.54, 1.807) is 6.08 Å². The van der Waals surface area contributed by atoms with E-state index >= 15 is 0 Å². The highest BCUT2D eigenvalue weighted by atomic mass is 31.2. The van der Waals surface area contributed by atoms with Crippen molar-refractivity contribution in [1.82, 2.24) is 5.32 Å². The Morgan fingerprint density at radius 2 is 0.805 bits per heavy atom. The number of nitrogens with one attached hydrogen (secondary N) is 1. The Morgan fingerprint density at radius 3 is 1.21 bits per heavy atom. The number of quaternary nitrogens is 1. The summed E-state index contributed by atoms with van der Waals surface area (Å²) in [5.74, 6) is -0.240. The van der Waals surface area contributed by atoms with Crippen LogP contribution in [0.25, 0.3) is 0 Å². The van der Waals surface area contributed by atoms with E-state index in [4.69, 9.17) is 9.05 Å². The Labute approximate surface area is 473 Å². The lowest BCUT2D eigenvalue weighted by Gasteiger charge is -2.29. The van der Waals surface area contributed by atoms with Gasteiger partial charge in [0.25, 0.3) is 7.82 Å². The Kier molecular flexibility index (Phi) is 53.5. The van der Waals surface area contributed by atoms with Crippen LogP contribution in [-0.2, 0) is 18.4 Å². The standard InChI is InChI=1S/C68H111N2O6P/c1-6-8-10-12-14-16-18-20-22-23-24-25-26-27-28-29-30-31-32-33-34-35-36-37-38-39-40-41-42-43-44-45-46-47-48-50-52-54-56-58-60-62-68(72)69-66(65-76-77(73,74)75-64-63-70(3,4)5)67(71)61-59-57-55-53-51-49-21-19-17-15-13-11-9-7-2/h8,10,14,16,20,22,24-25,27-28,30-31,33-34,36-37,39-40,42-43,45-46,48,50-51,53,59,61,66-67,71H,6-7,9,11-13,15,17-19,21,23,26,29,32,35,38,41,44,47,49,52,54-58,60,62-65H2,1-5H3,(H-,69,72,73,74)/b10-8-,16-14-,22-20-,25-24-,28-27-,31-30-,34-33-,37-36-,40-39-,43-42-,46-45-,50-48-,53-51+,61-59+. The smallest absolute Gasteiger partial charge is 0.268 e. The van der Waals surface area contributed by atoms with Crippen LogP contribution in [0.15, 0.2) is 170 Å². The van der Waals surface area contributed by atoms with Gasteiger partial charge in [0.05, 0.1) is 39.9 Å². The Morgan fingerprint density at radius 1 is 0.468 bits per heavy atom. The molecule has 77 heavy (non-hydrogen) atoms. The molecule has 0 radical (unpaired) electrons. The zero-order valence-electron chi connectivity index (χ0n) is 49.3. The van der Waals surface area contributed by atoms with Crippen LogP contribution in [-0.4, -0.2) is 68.5 Å². The lowest BCUT2D eigenvalue weighted by Crippen LogP contribution is -2.45. The number of likely N-dealkylation sites (N-methyl/N-ethyl adjacent to an activating group) is 1. The van der Waals surface area contributed by atoms with Gasteiger partial charge in [-0.3, -0.25) is 9.36 Å². The van der Waals surface area contributed by atoms with Crippen LogP contribution in [0.3, 0.4) is 0 Å². The van der Waals surface area contributed by atoms with Gasteiger partial charge < -0.3 is 28.8 Å². The molecule has 0 heterocycles. The van der Waals surface area contributed by atoms with Gasteiger partial charge in [-0.1, -0.05) is 242 Å². The molecule has 0 bridgehead atoms. The van der Waals surface area contributed by atoms with Gasteiger partial charge in [-0.05, 0) is 122 Å².